The van der Waals surface area contributed by atoms with E-state index >= 15 is 0 Å². The summed E-state index contributed by atoms with van der Waals surface area (Å²) in [7, 11) is 4.37. The fourth-order valence-corrected chi connectivity index (χ4v) is 5.49. The Bertz CT molecular complexity index is 1010. The summed E-state index contributed by atoms with van der Waals surface area (Å²) in [4.78, 5) is 5.97. The van der Waals surface area contributed by atoms with Gasteiger partial charge in [0.15, 0.2) is 0 Å². The lowest BCUT2D eigenvalue weighted by molar-refractivity contribution is -0.113. The number of ether oxygens (including phenoxy) is 1. The van der Waals surface area contributed by atoms with Gasteiger partial charge in [0, 0.05) is 16.4 Å². The number of hydrogen-bond donors (Lipinski definition) is 1. The van der Waals surface area contributed by atoms with Crippen LogP contribution < -0.4 is 0 Å². The molecule has 1 spiro atoms. The molecule has 3 aromatic rings. The second kappa shape index (κ2) is 7.42. The maximum absolute atomic E-state index is 13.8. The minimum atomic E-state index is -0.280. The zero-order chi connectivity index (χ0) is 19.4. The van der Waals surface area contributed by atoms with Crippen molar-refractivity contribution < 1.29 is 9.13 Å². The summed E-state index contributed by atoms with van der Waals surface area (Å²) >= 11 is 0. The Kier molecular flexibility index (Phi) is 5.22. The standard InChI is InChI=1S/C24H27FN2O.ClH/c1-27(2)23(17-6-4-3-5-7-17)11-13-24(14-12-23)22-19(10-15-28-24)20-16-18(25)8-9-21(20)26-22;/h3-9,16,26H,10-15H2,1-2H3;1H/t23-,24+;. The third-order valence-corrected chi connectivity index (χ3v) is 7.11. The first-order valence-corrected chi connectivity index (χ1v) is 10.2. The van der Waals surface area contributed by atoms with Gasteiger partial charge in [-0.25, -0.2) is 4.39 Å². The fourth-order valence-electron chi connectivity index (χ4n) is 5.49. The molecule has 1 aliphatic carbocycles. The van der Waals surface area contributed by atoms with Gasteiger partial charge in [0.1, 0.15) is 11.4 Å². The molecule has 0 atom stereocenters. The normalized spacial score (nSPS) is 26.5. The summed E-state index contributed by atoms with van der Waals surface area (Å²) in [5.74, 6) is -0.172. The van der Waals surface area contributed by atoms with Gasteiger partial charge in [-0.15, -0.1) is 12.4 Å². The van der Waals surface area contributed by atoms with Crippen LogP contribution in [0.4, 0.5) is 4.39 Å². The van der Waals surface area contributed by atoms with E-state index in [1.165, 1.54) is 22.9 Å². The quantitative estimate of drug-likeness (QED) is 0.597. The fraction of sp³-hybridized carbons (Fsp3) is 0.417. The molecule has 3 nitrogen and oxygen atoms in total. The van der Waals surface area contributed by atoms with E-state index < -0.39 is 0 Å². The highest BCUT2D eigenvalue weighted by atomic mass is 35.5. The topological polar surface area (TPSA) is 28.3 Å². The second-order valence-corrected chi connectivity index (χ2v) is 8.55. The van der Waals surface area contributed by atoms with Gasteiger partial charge in [-0.3, -0.25) is 4.90 Å². The van der Waals surface area contributed by atoms with Crippen LogP contribution in [0.3, 0.4) is 0 Å². The monoisotopic (exact) mass is 414 g/mol. The Morgan fingerprint density at radius 2 is 1.72 bits per heavy atom. The largest absolute Gasteiger partial charge is 0.368 e. The van der Waals surface area contributed by atoms with Crippen molar-refractivity contribution in [3.8, 4) is 0 Å². The van der Waals surface area contributed by atoms with Crippen LogP contribution in [0.5, 0.6) is 0 Å². The van der Waals surface area contributed by atoms with Gasteiger partial charge in [-0.05, 0) is 75.5 Å². The van der Waals surface area contributed by atoms with Crippen LogP contribution in [0.15, 0.2) is 48.5 Å². The Morgan fingerprint density at radius 3 is 2.41 bits per heavy atom. The number of nitrogens with one attached hydrogen (secondary N) is 1. The number of rotatable bonds is 2. The summed E-state index contributed by atoms with van der Waals surface area (Å²) in [6.45, 7) is 0.705. The molecule has 0 unspecified atom stereocenters. The Hall–Kier alpha value is -1.88. The highest BCUT2D eigenvalue weighted by Gasteiger charge is 2.49. The lowest BCUT2D eigenvalue weighted by atomic mass is 9.68. The maximum Gasteiger partial charge on any atom is 0.123 e. The molecule has 0 amide bonds. The van der Waals surface area contributed by atoms with Gasteiger partial charge in [0.05, 0.1) is 12.3 Å². The number of benzene rings is 2. The molecule has 2 heterocycles. The van der Waals surface area contributed by atoms with Gasteiger partial charge in [0.2, 0.25) is 0 Å². The predicted octanol–water partition coefficient (Wildman–Crippen LogP) is 5.53. The minimum Gasteiger partial charge on any atom is -0.368 e. The average Bonchev–Trinajstić information content (AvgIpc) is 3.09. The number of hydrogen-bond acceptors (Lipinski definition) is 2. The van der Waals surface area contributed by atoms with Crippen molar-refractivity contribution in [2.75, 3.05) is 20.7 Å². The van der Waals surface area contributed by atoms with Crippen molar-refractivity contribution in [1.82, 2.24) is 9.88 Å². The van der Waals surface area contributed by atoms with E-state index in [0.29, 0.717) is 6.61 Å². The summed E-state index contributed by atoms with van der Waals surface area (Å²) in [5, 5.41) is 1.02. The molecule has 29 heavy (non-hydrogen) atoms. The van der Waals surface area contributed by atoms with Gasteiger partial charge in [0.25, 0.3) is 0 Å². The number of aromatic amines is 1. The first kappa shape index (κ1) is 20.4. The molecule has 1 fully saturated rings. The minimum absolute atomic E-state index is 0. The SMILES string of the molecule is CN(C)[C@]1(c2ccccc2)CC[C@@]2(CC1)OCCc1c3cc(F)ccc3[nH]c12.Cl. The van der Waals surface area contributed by atoms with Gasteiger partial charge in [-0.1, -0.05) is 30.3 Å². The summed E-state index contributed by atoms with van der Waals surface area (Å²) in [5.41, 5.74) is 4.58. The number of H-pyrrole nitrogens is 1. The van der Waals surface area contributed by atoms with E-state index in [4.69, 9.17) is 4.74 Å². The number of halogens is 2. The maximum atomic E-state index is 13.8. The van der Waals surface area contributed by atoms with Crippen LogP contribution in [0, 0.1) is 5.82 Å². The predicted molar refractivity (Wildman–Crippen MR) is 117 cm³/mol. The summed E-state index contributed by atoms with van der Waals surface area (Å²) in [6, 6.07) is 15.9. The molecule has 1 aromatic heterocycles. The number of aromatic nitrogens is 1. The van der Waals surface area contributed by atoms with Crippen molar-refractivity contribution in [3.63, 3.8) is 0 Å². The van der Waals surface area contributed by atoms with Crippen LogP contribution in [0.25, 0.3) is 10.9 Å². The molecule has 0 bridgehead atoms. The smallest absolute Gasteiger partial charge is 0.123 e. The summed E-state index contributed by atoms with van der Waals surface area (Å²) < 4.78 is 20.3. The van der Waals surface area contributed by atoms with Crippen LogP contribution in [-0.2, 0) is 22.3 Å². The van der Waals surface area contributed by atoms with E-state index in [1.807, 2.05) is 6.07 Å². The first-order chi connectivity index (χ1) is 13.5. The Balaban J connectivity index is 0.00000205. The molecule has 2 aliphatic rings. The van der Waals surface area contributed by atoms with Crippen molar-refractivity contribution >= 4 is 23.3 Å². The average molecular weight is 415 g/mol. The van der Waals surface area contributed by atoms with Gasteiger partial charge in [-0.2, -0.15) is 0 Å². The lowest BCUT2D eigenvalue weighted by Crippen LogP contribution is -2.50. The first-order valence-electron chi connectivity index (χ1n) is 10.2. The second-order valence-electron chi connectivity index (χ2n) is 8.55. The third kappa shape index (κ3) is 3.09. The molecule has 0 saturated heterocycles. The molecule has 0 radical (unpaired) electrons. The van der Waals surface area contributed by atoms with Crippen LogP contribution in [0.1, 0.15) is 42.5 Å². The lowest BCUT2D eigenvalue weighted by Gasteiger charge is -2.50. The molecular formula is C24H28ClFN2O. The third-order valence-electron chi connectivity index (χ3n) is 7.11. The van der Waals surface area contributed by atoms with Crippen molar-refractivity contribution in [1.29, 1.82) is 0 Å². The molecule has 5 rings (SSSR count). The molecule has 5 heteroatoms. The molecule has 2 aromatic carbocycles. The number of fused-ring (bicyclic) bond motifs is 4. The van der Waals surface area contributed by atoms with Crippen molar-refractivity contribution in [2.24, 2.45) is 0 Å². The van der Waals surface area contributed by atoms with E-state index in [0.717, 1.165) is 43.0 Å². The molecule has 1 saturated carbocycles. The Morgan fingerprint density at radius 1 is 1.00 bits per heavy atom. The molecule has 154 valence electrons. The van der Waals surface area contributed by atoms with Gasteiger partial charge < -0.3 is 9.72 Å². The van der Waals surface area contributed by atoms with E-state index in [9.17, 15) is 4.39 Å². The van der Waals surface area contributed by atoms with Crippen molar-refractivity contribution in [3.05, 3.63) is 71.2 Å². The van der Waals surface area contributed by atoms with E-state index in [-0.39, 0.29) is 29.4 Å². The van der Waals surface area contributed by atoms with Gasteiger partial charge >= 0.3 is 0 Å². The van der Waals surface area contributed by atoms with Crippen LogP contribution >= 0.6 is 12.4 Å². The Labute approximate surface area is 177 Å². The highest BCUT2D eigenvalue weighted by Crippen LogP contribution is 2.52. The van der Waals surface area contributed by atoms with Crippen molar-refractivity contribution in [2.45, 2.75) is 43.2 Å². The number of nitrogens with zero attached hydrogens (tertiary/aromatic N) is 1. The van der Waals surface area contributed by atoms with Crippen LogP contribution in [-0.4, -0.2) is 30.6 Å². The van der Waals surface area contributed by atoms with E-state index in [1.54, 1.807) is 6.07 Å². The molecule has 1 N–H and O–H groups in total. The highest BCUT2D eigenvalue weighted by molar-refractivity contribution is 5.85. The van der Waals surface area contributed by atoms with Crippen LogP contribution in [0.2, 0.25) is 0 Å². The van der Waals surface area contributed by atoms with E-state index in [2.05, 4.69) is 54.3 Å². The molecular weight excluding hydrogens is 387 g/mol. The zero-order valence-corrected chi connectivity index (χ0v) is 17.8. The molecule has 1 aliphatic heterocycles. The summed E-state index contributed by atoms with van der Waals surface area (Å²) in [6.07, 6.45) is 4.84. The zero-order valence-electron chi connectivity index (χ0n) is 17.0.